The van der Waals surface area contributed by atoms with Crippen LogP contribution in [0, 0.1) is 0 Å². The van der Waals surface area contributed by atoms with E-state index in [2.05, 4.69) is 6.58 Å². The smallest absolute Gasteiger partial charge is 0.338 e. The third kappa shape index (κ3) is 2.70. The number of nitrogens with zero attached hydrogens (tertiary/aromatic N) is 1. The number of sulfonamides is 1. The van der Waals surface area contributed by atoms with Crippen molar-refractivity contribution in [2.24, 2.45) is 0 Å². The molecule has 1 aliphatic heterocycles. The first kappa shape index (κ1) is 14.6. The molecule has 0 saturated carbocycles. The molecule has 1 heterocycles. The van der Waals surface area contributed by atoms with Crippen LogP contribution >= 0.6 is 0 Å². The van der Waals surface area contributed by atoms with E-state index in [1.54, 1.807) is 18.2 Å². The van der Waals surface area contributed by atoms with E-state index in [0.29, 0.717) is 17.7 Å². The fourth-order valence-corrected chi connectivity index (χ4v) is 3.72. The van der Waals surface area contributed by atoms with Gasteiger partial charge in [-0.2, -0.15) is 0 Å². The van der Waals surface area contributed by atoms with E-state index in [1.807, 2.05) is 6.92 Å². The Balaban J connectivity index is 2.33. The van der Waals surface area contributed by atoms with E-state index >= 15 is 0 Å². The number of rotatable bonds is 4. The minimum atomic E-state index is -3.31. The monoisotopic (exact) mass is 295 g/mol. The van der Waals surface area contributed by atoms with E-state index in [1.165, 1.54) is 16.6 Å². The number of esters is 1. The second-order valence-corrected chi connectivity index (χ2v) is 6.70. The molecule has 1 unspecified atom stereocenters. The summed E-state index contributed by atoms with van der Waals surface area (Å²) < 4.78 is 29.9. The van der Waals surface area contributed by atoms with Crippen molar-refractivity contribution >= 4 is 21.7 Å². The molecular weight excluding hydrogens is 278 g/mol. The van der Waals surface area contributed by atoms with Crippen molar-refractivity contribution in [1.82, 2.24) is 0 Å². The van der Waals surface area contributed by atoms with Crippen molar-refractivity contribution in [3.05, 3.63) is 42.0 Å². The lowest BCUT2D eigenvalue weighted by molar-refractivity contribution is 0.0549. The molecule has 0 N–H and O–H groups in total. The molecule has 6 heteroatoms. The number of hydrogen-bond acceptors (Lipinski definition) is 4. The van der Waals surface area contributed by atoms with Crippen LogP contribution < -0.4 is 4.31 Å². The fraction of sp³-hybridized carbons (Fsp3) is 0.357. The van der Waals surface area contributed by atoms with Crippen molar-refractivity contribution in [2.75, 3.05) is 17.2 Å². The van der Waals surface area contributed by atoms with Crippen molar-refractivity contribution in [2.45, 2.75) is 19.4 Å². The summed E-state index contributed by atoms with van der Waals surface area (Å²) in [6.07, 6.45) is 3.27. The van der Waals surface area contributed by atoms with Crippen LogP contribution in [0.1, 0.15) is 22.8 Å². The summed E-state index contributed by atoms with van der Waals surface area (Å²) in [4.78, 5) is 11.8. The Bertz CT molecular complexity index is 651. The summed E-state index contributed by atoms with van der Waals surface area (Å²) in [5.41, 5.74) is 1.91. The minimum Gasteiger partial charge on any atom is -0.458 e. The molecule has 1 aromatic carbocycles. The molecule has 1 aromatic rings. The Morgan fingerprint density at radius 2 is 2.25 bits per heavy atom. The molecule has 1 aliphatic rings. The Kier molecular flexibility index (Phi) is 3.85. The van der Waals surface area contributed by atoms with Crippen LogP contribution in [0.4, 0.5) is 5.69 Å². The average molecular weight is 295 g/mol. The third-order valence-electron chi connectivity index (χ3n) is 3.16. The molecule has 1 atom stereocenters. The first-order valence-corrected chi connectivity index (χ1v) is 8.09. The number of fused-ring (bicyclic) bond motifs is 1. The van der Waals surface area contributed by atoms with Gasteiger partial charge in [0.25, 0.3) is 0 Å². The number of benzene rings is 1. The Morgan fingerprint density at radius 3 is 2.85 bits per heavy atom. The first-order chi connectivity index (χ1) is 9.34. The van der Waals surface area contributed by atoms with Crippen LogP contribution in [-0.2, 0) is 21.2 Å². The van der Waals surface area contributed by atoms with Gasteiger partial charge in [0.15, 0.2) is 0 Å². The number of anilines is 1. The highest BCUT2D eigenvalue weighted by molar-refractivity contribution is 7.92. The fourth-order valence-electron chi connectivity index (χ4n) is 2.45. The largest absolute Gasteiger partial charge is 0.458 e. The van der Waals surface area contributed by atoms with E-state index in [9.17, 15) is 13.2 Å². The number of hydrogen-bond donors (Lipinski definition) is 0. The normalized spacial score (nSPS) is 17.7. The topological polar surface area (TPSA) is 63.7 Å². The number of ether oxygens (including phenoxy) is 1. The zero-order chi connectivity index (χ0) is 14.9. The zero-order valence-electron chi connectivity index (χ0n) is 11.5. The molecule has 2 rings (SSSR count). The van der Waals surface area contributed by atoms with Crippen LogP contribution in [0.15, 0.2) is 30.9 Å². The molecular formula is C14H17NO4S. The number of carbonyl (C=O) groups is 1. The van der Waals surface area contributed by atoms with Crippen molar-refractivity contribution in [3.63, 3.8) is 0 Å². The lowest BCUT2D eigenvalue weighted by Crippen LogP contribution is -2.34. The quantitative estimate of drug-likeness (QED) is 0.627. The maximum Gasteiger partial charge on any atom is 0.338 e. The van der Waals surface area contributed by atoms with E-state index in [0.717, 1.165) is 5.56 Å². The van der Waals surface area contributed by atoms with Crippen LogP contribution in [0.3, 0.4) is 0 Å². The van der Waals surface area contributed by atoms with Gasteiger partial charge in [-0.3, -0.25) is 4.31 Å². The van der Waals surface area contributed by atoms with E-state index in [-0.39, 0.29) is 12.6 Å². The van der Waals surface area contributed by atoms with Crippen LogP contribution in [0.25, 0.3) is 0 Å². The Labute approximate surface area is 118 Å². The second kappa shape index (κ2) is 5.28. The van der Waals surface area contributed by atoms with Crippen molar-refractivity contribution in [3.8, 4) is 0 Å². The highest BCUT2D eigenvalue weighted by Crippen LogP contribution is 2.34. The molecule has 108 valence electrons. The summed E-state index contributed by atoms with van der Waals surface area (Å²) in [6.45, 7) is 5.48. The average Bonchev–Trinajstić information content (AvgIpc) is 2.70. The van der Waals surface area contributed by atoms with Gasteiger partial charge in [-0.25, -0.2) is 13.2 Å². The maximum absolute atomic E-state index is 11.8. The van der Waals surface area contributed by atoms with Gasteiger partial charge >= 0.3 is 5.97 Å². The minimum absolute atomic E-state index is 0.139. The highest BCUT2D eigenvalue weighted by atomic mass is 32.2. The molecule has 0 spiro atoms. The van der Waals surface area contributed by atoms with Crippen molar-refractivity contribution in [1.29, 1.82) is 0 Å². The first-order valence-electron chi connectivity index (χ1n) is 6.25. The number of carbonyl (C=O) groups excluding carboxylic acids is 1. The Hall–Kier alpha value is -1.82. The molecule has 0 radical (unpaired) electrons. The van der Waals surface area contributed by atoms with Gasteiger partial charge in [-0.15, -0.1) is 0 Å². The van der Waals surface area contributed by atoms with E-state index in [4.69, 9.17) is 4.74 Å². The molecule has 0 fully saturated rings. The van der Waals surface area contributed by atoms with Gasteiger partial charge in [0.2, 0.25) is 10.0 Å². The highest BCUT2D eigenvalue weighted by Gasteiger charge is 2.32. The summed E-state index contributed by atoms with van der Waals surface area (Å²) in [6, 6.07) is 4.80. The van der Waals surface area contributed by atoms with Crippen LogP contribution in [0.5, 0.6) is 0 Å². The second-order valence-electron chi connectivity index (χ2n) is 4.84. The summed E-state index contributed by atoms with van der Waals surface area (Å²) >= 11 is 0. The lowest BCUT2D eigenvalue weighted by atomic mass is 10.1. The van der Waals surface area contributed by atoms with Crippen LogP contribution in [0.2, 0.25) is 0 Å². The standard InChI is InChI=1S/C14H17NO4S/c1-4-7-19-14(16)11-5-6-13-12(9-11)8-10(2)15(13)20(3,17)18/h4-6,9-10H,1,7-8H2,2-3H3. The van der Waals surface area contributed by atoms with Gasteiger partial charge in [0.05, 0.1) is 17.5 Å². The molecule has 0 saturated heterocycles. The molecule has 0 amide bonds. The van der Waals surface area contributed by atoms with Gasteiger partial charge in [-0.1, -0.05) is 12.7 Å². The summed E-state index contributed by atoms with van der Waals surface area (Å²) in [5, 5.41) is 0. The predicted octanol–water partition coefficient (Wildman–Crippen LogP) is 1.74. The molecule has 0 bridgehead atoms. The Morgan fingerprint density at radius 1 is 1.55 bits per heavy atom. The van der Waals surface area contributed by atoms with Gasteiger partial charge in [-0.05, 0) is 37.1 Å². The molecule has 0 aliphatic carbocycles. The predicted molar refractivity (Wildman–Crippen MR) is 77.4 cm³/mol. The zero-order valence-corrected chi connectivity index (χ0v) is 12.3. The summed E-state index contributed by atoms with van der Waals surface area (Å²) in [5.74, 6) is -0.432. The van der Waals surface area contributed by atoms with Gasteiger partial charge in [0, 0.05) is 6.04 Å². The third-order valence-corrected chi connectivity index (χ3v) is 4.43. The molecule has 20 heavy (non-hydrogen) atoms. The molecule has 5 nitrogen and oxygen atoms in total. The van der Waals surface area contributed by atoms with Gasteiger partial charge < -0.3 is 4.74 Å². The SMILES string of the molecule is C=CCOC(=O)c1ccc2c(c1)CC(C)N2S(C)(=O)=O. The molecule has 0 aromatic heterocycles. The van der Waals surface area contributed by atoms with Gasteiger partial charge in [0.1, 0.15) is 6.61 Å². The summed E-state index contributed by atoms with van der Waals surface area (Å²) in [7, 11) is -3.31. The lowest BCUT2D eigenvalue weighted by Gasteiger charge is -2.21. The maximum atomic E-state index is 11.8. The van der Waals surface area contributed by atoms with E-state index < -0.39 is 16.0 Å². The van der Waals surface area contributed by atoms with Crippen LogP contribution in [-0.4, -0.2) is 33.3 Å². The van der Waals surface area contributed by atoms with Crippen molar-refractivity contribution < 1.29 is 17.9 Å².